The molecule has 1 fully saturated rings. The number of carbonyl (C=O) groups is 5. The molecule has 0 spiro atoms. The van der Waals surface area contributed by atoms with Gasteiger partial charge in [-0.05, 0) is 29.8 Å². The van der Waals surface area contributed by atoms with Crippen molar-refractivity contribution in [2.24, 2.45) is 0 Å². The number of anilines is 2. The number of ether oxygens (including phenoxy) is 1. The van der Waals surface area contributed by atoms with Crippen molar-refractivity contribution in [3.05, 3.63) is 89.5 Å². The lowest BCUT2D eigenvalue weighted by Gasteiger charge is -2.49. The number of hydrogen-bond donors (Lipinski definition) is 5. The van der Waals surface area contributed by atoms with E-state index in [4.69, 9.17) is 4.74 Å². The van der Waals surface area contributed by atoms with Crippen molar-refractivity contribution in [2.75, 3.05) is 22.7 Å². The highest BCUT2D eigenvalue weighted by Crippen LogP contribution is 2.41. The van der Waals surface area contributed by atoms with Crippen LogP contribution in [0.25, 0.3) is 10.9 Å². The normalized spacial score (nSPS) is 19.3. The van der Waals surface area contributed by atoms with Gasteiger partial charge >= 0.3 is 11.9 Å². The minimum atomic E-state index is -1.36. The Kier molecular flexibility index (Phi) is 7.87. The Morgan fingerprint density at radius 1 is 1.13 bits per heavy atom. The predicted molar refractivity (Wildman–Crippen MR) is 161 cm³/mol. The van der Waals surface area contributed by atoms with E-state index in [0.717, 1.165) is 10.3 Å². The van der Waals surface area contributed by atoms with Crippen LogP contribution < -0.4 is 21.0 Å². The van der Waals surface area contributed by atoms with Gasteiger partial charge in [-0.1, -0.05) is 30.3 Å². The van der Waals surface area contributed by atoms with Gasteiger partial charge in [0.05, 0.1) is 16.9 Å². The van der Waals surface area contributed by atoms with Gasteiger partial charge in [-0.3, -0.25) is 34.3 Å². The van der Waals surface area contributed by atoms with E-state index in [0.29, 0.717) is 27.5 Å². The summed E-state index contributed by atoms with van der Waals surface area (Å²) in [5.74, 6) is -3.95. The summed E-state index contributed by atoms with van der Waals surface area (Å²) < 4.78 is 4.96. The molecule has 3 amide bonds. The molecule has 45 heavy (non-hydrogen) atoms. The average molecular weight is 631 g/mol. The fraction of sp³-hybridized carbons (Fsp3) is 0.200. The van der Waals surface area contributed by atoms with Gasteiger partial charge in [-0.15, -0.1) is 11.8 Å². The number of aliphatic carboxylic acids is 1. The number of esters is 1. The molecule has 3 aliphatic heterocycles. The number of nitrogens with one attached hydrogen (secondary N) is 3. The number of β-lactam (4-membered cyclic amide) rings is 1. The van der Waals surface area contributed by atoms with Crippen LogP contribution in [0.15, 0.2) is 84.0 Å². The second kappa shape index (κ2) is 11.9. The van der Waals surface area contributed by atoms with Gasteiger partial charge in [-0.25, -0.2) is 9.86 Å². The topological polar surface area (TPSA) is 190 Å². The summed E-state index contributed by atoms with van der Waals surface area (Å²) in [6.45, 7) is 0.920. The molecule has 1 aromatic heterocycles. The molecular formula is C30H26N6O8S. The maximum absolute atomic E-state index is 13.7. The first kappa shape index (κ1) is 29.7. The van der Waals surface area contributed by atoms with Crippen LogP contribution in [-0.2, 0) is 28.7 Å². The van der Waals surface area contributed by atoms with Crippen LogP contribution in [0.2, 0.25) is 0 Å². The van der Waals surface area contributed by atoms with E-state index in [2.05, 4.69) is 20.9 Å². The molecule has 0 saturated carbocycles. The minimum absolute atomic E-state index is 0.162. The molecule has 4 heterocycles. The number of hydrogen-bond acceptors (Lipinski definition) is 11. The van der Waals surface area contributed by atoms with Gasteiger partial charge in [0.1, 0.15) is 35.5 Å². The van der Waals surface area contributed by atoms with Crippen molar-refractivity contribution in [1.29, 1.82) is 0 Å². The quantitative estimate of drug-likeness (QED) is 0.180. The van der Waals surface area contributed by atoms with E-state index in [1.165, 1.54) is 24.9 Å². The van der Waals surface area contributed by atoms with Crippen LogP contribution in [0.1, 0.15) is 18.5 Å². The standard InChI is InChI=1S/C30H26N6O8S/c1-15(37)44-13-17-14-45-29-24(28(40)35(29)25(17)30(41)42)34-27(39)22(16-6-3-2-4-7-16)33-26(38)21-12-32-23-18-8-5-11-31-19(18)9-10-20(23)36(21)43/h2-12,22,24,29,32,43H,13-14H2,1H3,(H,33,38)(H,34,39)(H,41,42)/t22?,24-,29-/m1/s1. The highest BCUT2D eigenvalue weighted by molar-refractivity contribution is 8.00. The Labute approximate surface area is 259 Å². The zero-order chi connectivity index (χ0) is 31.8. The van der Waals surface area contributed by atoms with Crippen molar-refractivity contribution in [2.45, 2.75) is 24.4 Å². The Morgan fingerprint density at radius 3 is 2.64 bits per heavy atom. The Bertz CT molecular complexity index is 1810. The van der Waals surface area contributed by atoms with Crippen LogP contribution >= 0.6 is 11.8 Å². The lowest BCUT2D eigenvalue weighted by molar-refractivity contribution is -0.151. The lowest BCUT2D eigenvalue weighted by atomic mass is 10.0. The highest BCUT2D eigenvalue weighted by atomic mass is 32.2. The zero-order valence-electron chi connectivity index (χ0n) is 23.6. The van der Waals surface area contributed by atoms with Crippen LogP contribution in [0.5, 0.6) is 0 Å². The zero-order valence-corrected chi connectivity index (χ0v) is 24.4. The average Bonchev–Trinajstić information content (AvgIpc) is 3.04. The number of carboxylic acids is 1. The molecular weight excluding hydrogens is 604 g/mol. The number of carboxylic acid groups (broad SMARTS) is 1. The molecule has 3 aromatic rings. The van der Waals surface area contributed by atoms with Gasteiger partial charge in [0.15, 0.2) is 0 Å². The molecule has 15 heteroatoms. The fourth-order valence-electron chi connectivity index (χ4n) is 5.33. The first-order chi connectivity index (χ1) is 21.7. The monoisotopic (exact) mass is 630 g/mol. The fourth-order valence-corrected chi connectivity index (χ4v) is 6.66. The van der Waals surface area contributed by atoms with Gasteiger partial charge < -0.3 is 25.8 Å². The lowest BCUT2D eigenvalue weighted by Crippen LogP contribution is -2.71. The van der Waals surface area contributed by atoms with Crippen molar-refractivity contribution in [3.63, 3.8) is 0 Å². The number of aromatic nitrogens is 1. The van der Waals surface area contributed by atoms with Crippen LogP contribution in [0, 0.1) is 0 Å². The molecule has 5 N–H and O–H groups in total. The maximum atomic E-state index is 13.7. The molecule has 0 bridgehead atoms. The number of fused-ring (bicyclic) bond motifs is 4. The second-order valence-corrected chi connectivity index (χ2v) is 11.4. The van der Waals surface area contributed by atoms with Gasteiger partial charge in [-0.2, -0.15) is 0 Å². The molecule has 2 aromatic carbocycles. The van der Waals surface area contributed by atoms with Gasteiger partial charge in [0.25, 0.3) is 11.8 Å². The van der Waals surface area contributed by atoms with Crippen molar-refractivity contribution in [3.8, 4) is 0 Å². The van der Waals surface area contributed by atoms with E-state index in [-0.39, 0.29) is 29.3 Å². The molecule has 0 radical (unpaired) electrons. The summed E-state index contributed by atoms with van der Waals surface area (Å²) in [6, 6.07) is 12.9. The summed E-state index contributed by atoms with van der Waals surface area (Å²) >= 11 is 1.22. The third kappa shape index (κ3) is 5.42. The van der Waals surface area contributed by atoms with Crippen LogP contribution in [-0.4, -0.2) is 73.6 Å². The van der Waals surface area contributed by atoms with Crippen molar-refractivity contribution in [1.82, 2.24) is 20.5 Å². The molecule has 1 unspecified atom stereocenters. The summed E-state index contributed by atoms with van der Waals surface area (Å²) in [5, 5.41) is 29.9. The Morgan fingerprint density at radius 2 is 1.91 bits per heavy atom. The highest BCUT2D eigenvalue weighted by Gasteiger charge is 2.54. The third-order valence-electron chi connectivity index (χ3n) is 7.47. The molecule has 14 nitrogen and oxygen atoms in total. The van der Waals surface area contributed by atoms with Crippen molar-refractivity contribution < 1.29 is 39.0 Å². The number of nitrogens with zero attached hydrogens (tertiary/aromatic N) is 3. The smallest absolute Gasteiger partial charge is 0.352 e. The molecule has 3 atom stereocenters. The SMILES string of the molecule is CC(=O)OCC1=C(C(=O)O)N2C(=O)[C@@H](NC(=O)C(NC(=O)C3=CNc4c(ccc5ncccc45)N3O)c3ccccc3)[C@H]2SC1. The summed E-state index contributed by atoms with van der Waals surface area (Å²) in [5.41, 5.74) is 1.72. The van der Waals surface area contributed by atoms with Crippen LogP contribution in [0.4, 0.5) is 11.4 Å². The van der Waals surface area contributed by atoms with E-state index >= 15 is 0 Å². The number of hydroxylamine groups is 1. The Balaban J connectivity index is 1.21. The molecule has 6 rings (SSSR count). The van der Waals surface area contributed by atoms with E-state index in [9.17, 15) is 34.3 Å². The van der Waals surface area contributed by atoms with Gasteiger partial charge in [0, 0.05) is 36.0 Å². The predicted octanol–water partition coefficient (Wildman–Crippen LogP) is 1.86. The summed E-state index contributed by atoms with van der Waals surface area (Å²) in [6.07, 6.45) is 2.95. The first-order valence-corrected chi connectivity index (χ1v) is 14.7. The second-order valence-electron chi connectivity index (χ2n) is 10.3. The summed E-state index contributed by atoms with van der Waals surface area (Å²) in [4.78, 5) is 69.0. The number of carbonyl (C=O) groups excluding carboxylic acids is 4. The molecule has 3 aliphatic rings. The maximum Gasteiger partial charge on any atom is 0.352 e. The Hall–Kier alpha value is -5.41. The number of pyridine rings is 1. The van der Waals surface area contributed by atoms with E-state index < -0.39 is 47.1 Å². The third-order valence-corrected chi connectivity index (χ3v) is 8.81. The van der Waals surface area contributed by atoms with Crippen LogP contribution in [0.3, 0.4) is 0 Å². The minimum Gasteiger partial charge on any atom is -0.477 e. The number of amides is 3. The number of rotatable bonds is 8. The number of thioether (sulfide) groups is 1. The molecule has 0 aliphatic carbocycles. The van der Waals surface area contributed by atoms with Gasteiger partial charge in [0.2, 0.25) is 5.91 Å². The summed E-state index contributed by atoms with van der Waals surface area (Å²) in [7, 11) is 0. The molecule has 230 valence electrons. The number of benzene rings is 2. The largest absolute Gasteiger partial charge is 0.477 e. The molecule has 1 saturated heterocycles. The van der Waals surface area contributed by atoms with E-state index in [1.807, 2.05) is 6.07 Å². The van der Waals surface area contributed by atoms with E-state index in [1.54, 1.807) is 54.7 Å². The van der Waals surface area contributed by atoms with Crippen molar-refractivity contribution >= 4 is 63.7 Å². The first-order valence-electron chi connectivity index (χ1n) is 13.7.